The van der Waals surface area contributed by atoms with Crippen molar-refractivity contribution >= 4 is 5.97 Å². The van der Waals surface area contributed by atoms with Crippen molar-refractivity contribution in [3.63, 3.8) is 0 Å². The van der Waals surface area contributed by atoms with Crippen LogP contribution in [0.4, 0.5) is 0 Å². The van der Waals surface area contributed by atoms with Gasteiger partial charge in [-0.25, -0.2) is 4.79 Å². The lowest BCUT2D eigenvalue weighted by Crippen LogP contribution is -2.16. The molecular weight excluding hydrogens is 208 g/mol. The molecule has 0 fully saturated rings. The van der Waals surface area contributed by atoms with Crippen LogP contribution in [-0.4, -0.2) is 18.2 Å². The number of ether oxygens (including phenoxy) is 2. The summed E-state index contributed by atoms with van der Waals surface area (Å²) in [6, 6.07) is 7.25. The number of hydrogen-bond donors (Lipinski definition) is 1. The van der Waals surface area contributed by atoms with Gasteiger partial charge in [-0.05, 0) is 17.7 Å². The van der Waals surface area contributed by atoms with Gasteiger partial charge in [0.05, 0.1) is 13.2 Å². The summed E-state index contributed by atoms with van der Waals surface area (Å²) in [5.74, 6) is 0.225. The third kappa shape index (κ3) is 2.16. The minimum Gasteiger partial charge on any atom is -0.512 e. The molecule has 1 aromatic carbocycles. The summed E-state index contributed by atoms with van der Waals surface area (Å²) in [7, 11) is 1.57. The van der Waals surface area contributed by atoms with Crippen LogP contribution >= 0.6 is 0 Å². The Morgan fingerprint density at radius 3 is 3.00 bits per heavy atom. The van der Waals surface area contributed by atoms with Crippen molar-refractivity contribution in [1.29, 1.82) is 0 Å². The topological polar surface area (TPSA) is 55.8 Å². The van der Waals surface area contributed by atoms with Crippen molar-refractivity contribution in [2.24, 2.45) is 0 Å². The maximum absolute atomic E-state index is 11.1. The number of cyclic esters (lactones) is 1. The lowest BCUT2D eigenvalue weighted by molar-refractivity contribution is -0.145. The maximum atomic E-state index is 11.1. The van der Waals surface area contributed by atoms with Gasteiger partial charge in [-0.2, -0.15) is 0 Å². The van der Waals surface area contributed by atoms with E-state index in [0.29, 0.717) is 12.2 Å². The van der Waals surface area contributed by atoms with E-state index in [0.717, 1.165) is 11.6 Å². The number of hydrogen-bond acceptors (Lipinski definition) is 4. The molecule has 84 valence electrons. The molecule has 0 aromatic heterocycles. The van der Waals surface area contributed by atoms with Gasteiger partial charge in [0, 0.05) is 6.42 Å². The Balaban J connectivity index is 2.24. The highest BCUT2D eigenvalue weighted by molar-refractivity contribution is 5.83. The van der Waals surface area contributed by atoms with E-state index in [2.05, 4.69) is 0 Å². The average Bonchev–Trinajstić information content (AvgIpc) is 2.28. The highest BCUT2D eigenvalue weighted by atomic mass is 16.5. The van der Waals surface area contributed by atoms with Crippen LogP contribution in [0.25, 0.3) is 0 Å². The summed E-state index contributed by atoms with van der Waals surface area (Å²) >= 11 is 0. The molecule has 1 atom stereocenters. The highest BCUT2D eigenvalue weighted by Gasteiger charge is 2.23. The van der Waals surface area contributed by atoms with Crippen molar-refractivity contribution < 1.29 is 19.4 Å². The van der Waals surface area contributed by atoms with Crippen LogP contribution in [0, 0.1) is 0 Å². The third-order valence-corrected chi connectivity index (χ3v) is 2.40. The van der Waals surface area contributed by atoms with Crippen LogP contribution in [0.3, 0.4) is 0 Å². The van der Waals surface area contributed by atoms with Gasteiger partial charge in [0.25, 0.3) is 0 Å². The Kier molecular flexibility index (Phi) is 2.81. The van der Waals surface area contributed by atoms with Crippen LogP contribution in [0.15, 0.2) is 36.1 Å². The van der Waals surface area contributed by atoms with E-state index in [-0.39, 0.29) is 5.76 Å². The van der Waals surface area contributed by atoms with E-state index in [1.807, 2.05) is 18.2 Å². The van der Waals surface area contributed by atoms with E-state index < -0.39 is 12.1 Å². The van der Waals surface area contributed by atoms with E-state index >= 15 is 0 Å². The van der Waals surface area contributed by atoms with Crippen LogP contribution in [0.5, 0.6) is 5.75 Å². The molecule has 1 unspecified atom stereocenters. The van der Waals surface area contributed by atoms with Crippen molar-refractivity contribution in [2.45, 2.75) is 12.5 Å². The standard InChI is InChI=1S/C12H12O4/c1-15-10-4-2-3-8(5-10)11-6-9(13)7-12(14)16-11/h2-5,7,11,13H,6H2,1H3. The Labute approximate surface area is 93.1 Å². The largest absolute Gasteiger partial charge is 0.512 e. The molecule has 4 nitrogen and oxygen atoms in total. The zero-order valence-electron chi connectivity index (χ0n) is 8.84. The first kappa shape index (κ1) is 10.5. The third-order valence-electron chi connectivity index (χ3n) is 2.40. The van der Waals surface area contributed by atoms with E-state index in [1.165, 1.54) is 0 Å². The molecule has 2 rings (SSSR count). The van der Waals surface area contributed by atoms with Gasteiger partial charge in [0.2, 0.25) is 0 Å². The summed E-state index contributed by atoms with van der Waals surface area (Å²) in [5, 5.41) is 9.37. The zero-order chi connectivity index (χ0) is 11.5. The monoisotopic (exact) mass is 220 g/mol. The molecule has 0 saturated heterocycles. The molecule has 1 aliphatic rings. The van der Waals surface area contributed by atoms with Gasteiger partial charge in [-0.15, -0.1) is 0 Å². The predicted octanol–water partition coefficient (Wildman–Crippen LogP) is 2.13. The van der Waals surface area contributed by atoms with Crippen molar-refractivity contribution in [2.75, 3.05) is 7.11 Å². The zero-order valence-corrected chi connectivity index (χ0v) is 8.84. The Morgan fingerprint density at radius 2 is 2.31 bits per heavy atom. The van der Waals surface area contributed by atoms with Gasteiger partial charge in [0.15, 0.2) is 0 Å². The van der Waals surface area contributed by atoms with Gasteiger partial charge in [0.1, 0.15) is 17.6 Å². The number of aliphatic hydroxyl groups excluding tert-OH is 1. The number of rotatable bonds is 2. The van der Waals surface area contributed by atoms with Crippen molar-refractivity contribution in [3.05, 3.63) is 41.7 Å². The molecule has 1 N–H and O–H groups in total. The number of carbonyl (C=O) groups excluding carboxylic acids is 1. The molecule has 0 radical (unpaired) electrons. The average molecular weight is 220 g/mol. The fourth-order valence-electron chi connectivity index (χ4n) is 1.63. The van der Waals surface area contributed by atoms with Crippen molar-refractivity contribution in [1.82, 2.24) is 0 Å². The highest BCUT2D eigenvalue weighted by Crippen LogP contribution is 2.29. The molecule has 0 aliphatic carbocycles. The minimum absolute atomic E-state index is 0.0454. The number of carbonyl (C=O) groups is 1. The molecule has 1 aliphatic heterocycles. The summed E-state index contributed by atoms with van der Waals surface area (Å²) in [4.78, 5) is 11.1. The fraction of sp³-hybridized carbons (Fsp3) is 0.250. The quantitative estimate of drug-likeness (QED) is 0.775. The second kappa shape index (κ2) is 4.26. The summed E-state index contributed by atoms with van der Waals surface area (Å²) in [5.41, 5.74) is 0.812. The molecule has 0 spiro atoms. The second-order valence-corrected chi connectivity index (χ2v) is 3.54. The summed E-state index contributed by atoms with van der Waals surface area (Å²) in [6.45, 7) is 0. The van der Waals surface area contributed by atoms with Crippen LogP contribution in [0.1, 0.15) is 18.1 Å². The van der Waals surface area contributed by atoms with Gasteiger partial charge >= 0.3 is 5.97 Å². The summed E-state index contributed by atoms with van der Waals surface area (Å²) < 4.78 is 10.2. The lowest BCUT2D eigenvalue weighted by atomic mass is 10.0. The molecule has 4 heteroatoms. The smallest absolute Gasteiger partial charge is 0.334 e. The van der Waals surface area contributed by atoms with E-state index in [1.54, 1.807) is 13.2 Å². The Morgan fingerprint density at radius 1 is 1.50 bits per heavy atom. The first-order valence-electron chi connectivity index (χ1n) is 4.93. The molecule has 0 amide bonds. The minimum atomic E-state index is -0.517. The second-order valence-electron chi connectivity index (χ2n) is 3.54. The molecular formula is C12H12O4. The van der Waals surface area contributed by atoms with Crippen LogP contribution in [-0.2, 0) is 9.53 Å². The molecule has 1 heterocycles. The van der Waals surface area contributed by atoms with Crippen LogP contribution in [0.2, 0.25) is 0 Å². The predicted molar refractivity (Wildman–Crippen MR) is 57.2 cm³/mol. The first-order chi connectivity index (χ1) is 7.69. The number of methoxy groups -OCH3 is 1. The number of esters is 1. The molecule has 1 aromatic rings. The van der Waals surface area contributed by atoms with Gasteiger partial charge in [-0.3, -0.25) is 0 Å². The fourth-order valence-corrected chi connectivity index (χ4v) is 1.63. The van der Waals surface area contributed by atoms with Gasteiger partial charge in [-0.1, -0.05) is 12.1 Å². The van der Waals surface area contributed by atoms with E-state index in [4.69, 9.17) is 9.47 Å². The maximum Gasteiger partial charge on any atom is 0.334 e. The molecule has 16 heavy (non-hydrogen) atoms. The van der Waals surface area contributed by atoms with E-state index in [9.17, 15) is 9.90 Å². The van der Waals surface area contributed by atoms with Crippen LogP contribution < -0.4 is 4.74 Å². The number of aliphatic hydroxyl groups is 1. The van der Waals surface area contributed by atoms with Gasteiger partial charge < -0.3 is 14.6 Å². The first-order valence-corrected chi connectivity index (χ1v) is 4.93. The number of benzene rings is 1. The lowest BCUT2D eigenvalue weighted by Gasteiger charge is -2.21. The normalized spacial score (nSPS) is 19.9. The molecule has 0 saturated carbocycles. The Bertz CT molecular complexity index is 436. The molecule has 0 bridgehead atoms. The summed E-state index contributed by atoms with van der Waals surface area (Å²) in [6.07, 6.45) is 0.961. The van der Waals surface area contributed by atoms with Crippen molar-refractivity contribution in [3.8, 4) is 5.75 Å². The Hall–Kier alpha value is -1.97. The SMILES string of the molecule is COc1cccc(C2CC(O)=CC(=O)O2)c1.